The predicted molar refractivity (Wildman–Crippen MR) is 206 cm³/mol. The van der Waals surface area contributed by atoms with Crippen LogP contribution < -0.4 is 0 Å². The molecule has 3 atom stereocenters. The van der Waals surface area contributed by atoms with Gasteiger partial charge in [-0.15, -0.1) is 0 Å². The number of fused-ring (bicyclic) bond motifs is 3. The summed E-state index contributed by atoms with van der Waals surface area (Å²) in [6.45, 7) is 2.24. The van der Waals surface area contributed by atoms with E-state index >= 15 is 0 Å². The molecule has 3 aliphatic rings. The molecule has 3 aliphatic carbocycles. The van der Waals surface area contributed by atoms with Crippen molar-refractivity contribution in [1.29, 1.82) is 0 Å². The van der Waals surface area contributed by atoms with Gasteiger partial charge in [0.1, 0.15) is 11.6 Å². The van der Waals surface area contributed by atoms with Gasteiger partial charge >= 0.3 is 0 Å². The predicted octanol–water partition coefficient (Wildman–Crippen LogP) is 10.6. The molecular formula is C46H35N5. The van der Waals surface area contributed by atoms with Gasteiger partial charge in [0.25, 0.3) is 0 Å². The van der Waals surface area contributed by atoms with Gasteiger partial charge in [-0.05, 0) is 66.2 Å². The fraction of sp³-hybridized carbons (Fsp3) is 0.152. The summed E-state index contributed by atoms with van der Waals surface area (Å²) in [6, 6.07) is 33.2. The molecule has 0 aliphatic heterocycles. The van der Waals surface area contributed by atoms with Crippen LogP contribution in [0.5, 0.6) is 0 Å². The monoisotopic (exact) mass is 657 g/mol. The lowest BCUT2D eigenvalue weighted by molar-refractivity contribution is 0.683. The van der Waals surface area contributed by atoms with Gasteiger partial charge in [0.05, 0.1) is 28.0 Å². The topological polar surface area (TPSA) is 64.5 Å². The molecule has 0 N–H and O–H groups in total. The van der Waals surface area contributed by atoms with Crippen molar-refractivity contribution >= 4 is 33.0 Å². The van der Waals surface area contributed by atoms with Crippen molar-refractivity contribution in [3.8, 4) is 22.5 Å². The number of hydrogen-bond acceptors (Lipinski definition) is 5. The molecule has 0 bridgehead atoms. The van der Waals surface area contributed by atoms with Gasteiger partial charge in [-0.2, -0.15) is 0 Å². The maximum atomic E-state index is 5.29. The van der Waals surface area contributed by atoms with Crippen molar-refractivity contribution in [3.63, 3.8) is 0 Å². The summed E-state index contributed by atoms with van der Waals surface area (Å²) in [4.78, 5) is 25.9. The Morgan fingerprint density at radius 1 is 0.706 bits per heavy atom. The summed E-state index contributed by atoms with van der Waals surface area (Å²) in [5.41, 5.74) is 8.84. The molecule has 5 heteroatoms. The van der Waals surface area contributed by atoms with Gasteiger partial charge in [-0.3, -0.25) is 0 Å². The number of pyridine rings is 2. The van der Waals surface area contributed by atoms with E-state index in [1.165, 1.54) is 0 Å². The number of aromatic nitrogens is 5. The molecule has 9 rings (SSSR count). The lowest BCUT2D eigenvalue weighted by Crippen LogP contribution is -2.15. The third-order valence-corrected chi connectivity index (χ3v) is 9.89. The number of nitrogens with zero attached hydrogens (tertiary/aromatic N) is 5. The zero-order valence-corrected chi connectivity index (χ0v) is 28.4. The molecule has 0 saturated carbocycles. The van der Waals surface area contributed by atoms with E-state index in [2.05, 4.69) is 128 Å². The number of benzene rings is 2. The number of rotatable bonds is 6. The van der Waals surface area contributed by atoms with E-state index in [1.54, 1.807) is 0 Å². The van der Waals surface area contributed by atoms with Crippen molar-refractivity contribution in [2.45, 2.75) is 38.0 Å². The first-order valence-corrected chi connectivity index (χ1v) is 17.7. The second-order valence-electron chi connectivity index (χ2n) is 13.5. The lowest BCUT2D eigenvalue weighted by atomic mass is 9.89. The quantitative estimate of drug-likeness (QED) is 0.167. The Labute approximate surface area is 298 Å². The van der Waals surface area contributed by atoms with Crippen LogP contribution in [0.15, 0.2) is 140 Å². The van der Waals surface area contributed by atoms with Gasteiger partial charge in [0, 0.05) is 28.2 Å². The number of hydrogen-bond donors (Lipinski definition) is 0. The van der Waals surface area contributed by atoms with Crippen LogP contribution in [0, 0.1) is 18.1 Å². The Morgan fingerprint density at radius 2 is 1.55 bits per heavy atom. The molecule has 3 unspecified atom stereocenters. The van der Waals surface area contributed by atoms with Crippen LogP contribution in [-0.4, -0.2) is 24.9 Å². The highest BCUT2D eigenvalue weighted by Gasteiger charge is 2.24. The van der Waals surface area contributed by atoms with Crippen LogP contribution in [0.2, 0.25) is 0 Å². The minimum atomic E-state index is -0.00999. The average molecular weight is 658 g/mol. The van der Waals surface area contributed by atoms with Gasteiger partial charge < -0.3 is 0 Å². The van der Waals surface area contributed by atoms with Gasteiger partial charge in [0.15, 0.2) is 5.82 Å². The van der Waals surface area contributed by atoms with Crippen molar-refractivity contribution < 1.29 is 0 Å². The number of allylic oxidation sites excluding steroid dienone is 12. The van der Waals surface area contributed by atoms with Crippen molar-refractivity contribution in [3.05, 3.63) is 175 Å². The largest absolute Gasteiger partial charge is 0.245 e. The molecule has 3 aromatic heterocycles. The Hall–Kier alpha value is -6.25. The zero-order chi connectivity index (χ0) is 34.1. The molecule has 3 aromatic carbocycles. The minimum Gasteiger partial charge on any atom is -0.245 e. The van der Waals surface area contributed by atoms with Crippen molar-refractivity contribution in [2.24, 2.45) is 5.92 Å². The first-order valence-electron chi connectivity index (χ1n) is 17.7. The lowest BCUT2D eigenvalue weighted by Gasteiger charge is -2.21. The highest BCUT2D eigenvalue weighted by Crippen LogP contribution is 2.38. The Morgan fingerprint density at radius 3 is 2.37 bits per heavy atom. The zero-order valence-electron chi connectivity index (χ0n) is 28.4. The third kappa shape index (κ3) is 6.11. The Kier molecular flexibility index (Phi) is 7.98. The molecule has 3 heterocycles. The van der Waals surface area contributed by atoms with Crippen molar-refractivity contribution in [2.75, 3.05) is 0 Å². The van der Waals surface area contributed by atoms with Crippen LogP contribution in [0.4, 0.5) is 0 Å². The van der Waals surface area contributed by atoms with E-state index in [1.807, 2.05) is 30.3 Å². The van der Waals surface area contributed by atoms with Crippen LogP contribution in [-0.2, 0) is 0 Å². The fourth-order valence-electron chi connectivity index (χ4n) is 7.23. The average Bonchev–Trinajstić information content (AvgIpc) is 3.21. The molecule has 244 valence electrons. The highest BCUT2D eigenvalue weighted by atomic mass is 15.0. The maximum Gasteiger partial charge on any atom is 0.159 e. The smallest absolute Gasteiger partial charge is 0.159 e. The van der Waals surface area contributed by atoms with Crippen LogP contribution >= 0.6 is 0 Å². The molecule has 51 heavy (non-hydrogen) atoms. The maximum absolute atomic E-state index is 5.29. The van der Waals surface area contributed by atoms with Gasteiger partial charge in [-0.25, -0.2) is 24.9 Å². The van der Waals surface area contributed by atoms with Crippen LogP contribution in [0.1, 0.15) is 61.1 Å². The second-order valence-corrected chi connectivity index (χ2v) is 13.5. The van der Waals surface area contributed by atoms with Gasteiger partial charge in [0.2, 0.25) is 0 Å². The summed E-state index contributed by atoms with van der Waals surface area (Å²) in [6.07, 6.45) is 24.6. The summed E-state index contributed by atoms with van der Waals surface area (Å²) >= 11 is 0. The molecule has 0 radical (unpaired) electrons. The summed E-state index contributed by atoms with van der Waals surface area (Å²) < 4.78 is 0. The minimum absolute atomic E-state index is 0.00999. The Balaban J connectivity index is 1.20. The Bertz CT molecular complexity index is 2470. The van der Waals surface area contributed by atoms with E-state index in [4.69, 9.17) is 24.9 Å². The molecular weight excluding hydrogens is 623 g/mol. The normalized spacial score (nSPS) is 19.6. The highest BCUT2D eigenvalue weighted by molar-refractivity contribution is 6.08. The first kappa shape index (κ1) is 30.8. The SMILES string of the molecule is CC1C=CC=C(c2nc(C3C=CC=CC3)nc(C3C=C(c4cc(-c5ccccc5)nc5c4ccc4ccc(-c6c#cccc6)nc45)C=CC3)n2)C1. The van der Waals surface area contributed by atoms with Crippen molar-refractivity contribution in [1.82, 2.24) is 24.9 Å². The van der Waals surface area contributed by atoms with Gasteiger partial charge in [-0.1, -0.05) is 134 Å². The summed E-state index contributed by atoms with van der Waals surface area (Å²) in [5.74, 6) is 3.01. The van der Waals surface area contributed by atoms with E-state index < -0.39 is 0 Å². The standard InChI is InChI=1S/C46H35N5/c1-30-13-11-21-36(27-30)45-49-44(34-18-9-4-10-19-34)50-46(51-45)37-22-12-20-35(28-37)39-29-41(32-16-7-3-8-17-32)48-43-38(39)25-23-33-24-26-40(47-42(33)43)31-14-5-2-6-15-31/h2-5,7-14,16-18,20-21,23-26,28-30,34,37H,19,22,27H2,1H3. The summed E-state index contributed by atoms with van der Waals surface area (Å²) in [5, 5.41) is 2.09. The van der Waals surface area contributed by atoms with Crippen LogP contribution in [0.3, 0.4) is 0 Å². The fourth-order valence-corrected chi connectivity index (χ4v) is 7.23. The van der Waals surface area contributed by atoms with Crippen LogP contribution in [0.25, 0.3) is 55.5 Å². The molecule has 0 amide bonds. The third-order valence-electron chi connectivity index (χ3n) is 9.89. The molecule has 0 saturated heterocycles. The second kappa shape index (κ2) is 13.2. The van der Waals surface area contributed by atoms with E-state index in [0.29, 0.717) is 5.92 Å². The van der Waals surface area contributed by atoms with E-state index in [9.17, 15) is 0 Å². The molecule has 6 aromatic rings. The van der Waals surface area contributed by atoms with E-state index in [-0.39, 0.29) is 11.8 Å². The summed E-state index contributed by atoms with van der Waals surface area (Å²) in [7, 11) is 0. The van der Waals surface area contributed by atoms with E-state index in [0.717, 1.165) is 97.8 Å². The molecule has 0 spiro atoms. The molecule has 0 fully saturated rings. The molecule has 5 nitrogen and oxygen atoms in total. The first-order chi connectivity index (χ1) is 25.2.